The minimum absolute atomic E-state index is 0.871. The van der Waals surface area contributed by atoms with Crippen LogP contribution in [-0.2, 0) is 4.79 Å². The highest BCUT2D eigenvalue weighted by molar-refractivity contribution is 5.67. The minimum Gasteiger partial charge on any atom is -0.481 e. The Morgan fingerprint density at radius 1 is 1.40 bits per heavy atom. The van der Waals surface area contributed by atoms with Gasteiger partial charge in [-0.3, -0.25) is 4.79 Å². The van der Waals surface area contributed by atoms with Gasteiger partial charge in [-0.15, -0.1) is 0 Å². The second-order valence-corrected chi connectivity index (χ2v) is 3.77. The molecule has 0 aliphatic heterocycles. The average molecular weight is 232 g/mol. The molecule has 1 aliphatic rings. The third-order valence-electron chi connectivity index (χ3n) is 2.51. The Kier molecular flexibility index (Phi) is 2.93. The van der Waals surface area contributed by atoms with Gasteiger partial charge in [-0.25, -0.2) is 8.78 Å². The van der Waals surface area contributed by atoms with Crippen molar-refractivity contribution in [2.75, 3.05) is 0 Å². The van der Waals surface area contributed by atoms with Crippen molar-refractivity contribution >= 4 is 5.97 Å². The number of hydrogen-bond acceptors (Lipinski definition) is 1. The number of rotatable bonds is 3. The first-order valence-corrected chi connectivity index (χ1v) is 4.28. The number of carboxylic acid groups (broad SMARTS) is 1. The molecule has 88 valence electrons. The maximum atomic E-state index is 12.4. The molecule has 1 aliphatic carbocycles. The van der Waals surface area contributed by atoms with E-state index in [0.717, 1.165) is 0 Å². The number of carboxylic acids is 1. The summed E-state index contributed by atoms with van der Waals surface area (Å²) in [6, 6.07) is 0. The third kappa shape index (κ3) is 3.04. The molecular formula is C8H9F5O2. The number of alkyl halides is 5. The first-order chi connectivity index (χ1) is 6.62. The zero-order valence-electron chi connectivity index (χ0n) is 7.52. The first-order valence-electron chi connectivity index (χ1n) is 4.28. The van der Waals surface area contributed by atoms with E-state index in [-0.39, 0.29) is 0 Å². The van der Waals surface area contributed by atoms with E-state index in [9.17, 15) is 26.7 Å². The van der Waals surface area contributed by atoms with Crippen molar-refractivity contribution in [2.24, 2.45) is 11.8 Å². The molecule has 1 rings (SSSR count). The molecule has 0 aromatic carbocycles. The van der Waals surface area contributed by atoms with E-state index in [1.165, 1.54) is 0 Å². The van der Waals surface area contributed by atoms with Crippen LogP contribution in [0.4, 0.5) is 22.0 Å². The number of aliphatic carboxylic acids is 1. The summed E-state index contributed by atoms with van der Waals surface area (Å²) in [5.74, 6) is -8.11. The Morgan fingerprint density at radius 3 is 2.13 bits per heavy atom. The molecule has 1 atom stereocenters. The summed E-state index contributed by atoms with van der Waals surface area (Å²) >= 11 is 0. The standard InChI is InChI=1S/C8H9F5O2/c9-7(10)2-4(3-7)5(1-6(14)15)8(11,12)13/h4-5H,1-3H2,(H,14,15). The summed E-state index contributed by atoms with van der Waals surface area (Å²) in [5, 5.41) is 8.26. The predicted octanol–water partition coefficient (Wildman–Crippen LogP) is 2.68. The number of halogens is 5. The first kappa shape index (κ1) is 12.2. The van der Waals surface area contributed by atoms with E-state index in [4.69, 9.17) is 5.11 Å². The SMILES string of the molecule is O=C(O)CC(C1CC(F)(F)C1)C(F)(F)F. The lowest BCUT2D eigenvalue weighted by atomic mass is 9.71. The zero-order chi connectivity index (χ0) is 11.9. The third-order valence-corrected chi connectivity index (χ3v) is 2.51. The van der Waals surface area contributed by atoms with Gasteiger partial charge in [0.25, 0.3) is 0 Å². The summed E-state index contributed by atoms with van der Waals surface area (Å²) in [4.78, 5) is 10.2. The van der Waals surface area contributed by atoms with Crippen LogP contribution in [0.25, 0.3) is 0 Å². The van der Waals surface area contributed by atoms with Gasteiger partial charge in [-0.1, -0.05) is 0 Å². The van der Waals surface area contributed by atoms with Crippen molar-refractivity contribution in [3.63, 3.8) is 0 Å². The zero-order valence-corrected chi connectivity index (χ0v) is 7.52. The van der Waals surface area contributed by atoms with Gasteiger partial charge < -0.3 is 5.11 Å². The van der Waals surface area contributed by atoms with Crippen LogP contribution >= 0.6 is 0 Å². The largest absolute Gasteiger partial charge is 0.481 e. The van der Waals surface area contributed by atoms with Crippen LogP contribution in [0.3, 0.4) is 0 Å². The fourth-order valence-electron chi connectivity index (χ4n) is 1.73. The number of hydrogen-bond donors (Lipinski definition) is 1. The van der Waals surface area contributed by atoms with E-state index in [1.54, 1.807) is 0 Å². The normalized spacial score (nSPS) is 23.3. The van der Waals surface area contributed by atoms with Crippen LogP contribution in [0.1, 0.15) is 19.3 Å². The van der Waals surface area contributed by atoms with Crippen molar-refractivity contribution in [2.45, 2.75) is 31.4 Å². The minimum atomic E-state index is -4.72. The molecule has 0 heterocycles. The van der Waals surface area contributed by atoms with E-state index < -0.39 is 49.2 Å². The van der Waals surface area contributed by atoms with Gasteiger partial charge in [0, 0.05) is 12.8 Å². The lowest BCUT2D eigenvalue weighted by molar-refractivity contribution is -0.229. The predicted molar refractivity (Wildman–Crippen MR) is 39.5 cm³/mol. The van der Waals surface area contributed by atoms with E-state index in [1.807, 2.05) is 0 Å². The Balaban J connectivity index is 2.63. The van der Waals surface area contributed by atoms with Gasteiger partial charge in [-0.05, 0) is 5.92 Å². The van der Waals surface area contributed by atoms with Gasteiger partial charge in [-0.2, -0.15) is 13.2 Å². The summed E-state index contributed by atoms with van der Waals surface area (Å²) in [7, 11) is 0. The smallest absolute Gasteiger partial charge is 0.392 e. The fourth-order valence-corrected chi connectivity index (χ4v) is 1.73. The van der Waals surface area contributed by atoms with Gasteiger partial charge in [0.05, 0.1) is 12.3 Å². The summed E-state index contributed by atoms with van der Waals surface area (Å²) in [6.07, 6.45) is -7.60. The Morgan fingerprint density at radius 2 is 1.87 bits per heavy atom. The van der Waals surface area contributed by atoms with Crippen molar-refractivity contribution in [1.29, 1.82) is 0 Å². The Hall–Kier alpha value is -0.880. The molecule has 7 heteroatoms. The topological polar surface area (TPSA) is 37.3 Å². The monoisotopic (exact) mass is 232 g/mol. The average Bonchev–Trinajstić information content (AvgIpc) is 1.92. The molecule has 1 saturated carbocycles. The Bertz CT molecular complexity index is 252. The van der Waals surface area contributed by atoms with Crippen LogP contribution < -0.4 is 0 Å². The van der Waals surface area contributed by atoms with E-state index in [0.29, 0.717) is 0 Å². The summed E-state index contributed by atoms with van der Waals surface area (Å²) < 4.78 is 61.6. The van der Waals surface area contributed by atoms with Crippen LogP contribution in [0.15, 0.2) is 0 Å². The molecular weight excluding hydrogens is 223 g/mol. The van der Waals surface area contributed by atoms with Crippen molar-refractivity contribution < 1.29 is 31.9 Å². The molecule has 0 saturated heterocycles. The fraction of sp³-hybridized carbons (Fsp3) is 0.875. The van der Waals surface area contributed by atoms with Crippen LogP contribution in [0.5, 0.6) is 0 Å². The number of carbonyl (C=O) groups is 1. The Labute approximate surface area is 82.1 Å². The molecule has 1 fully saturated rings. The van der Waals surface area contributed by atoms with E-state index >= 15 is 0 Å². The highest BCUT2D eigenvalue weighted by Gasteiger charge is 2.56. The van der Waals surface area contributed by atoms with Crippen LogP contribution in [-0.4, -0.2) is 23.2 Å². The summed E-state index contributed by atoms with van der Waals surface area (Å²) in [6.45, 7) is 0. The van der Waals surface area contributed by atoms with Crippen LogP contribution in [0, 0.1) is 11.8 Å². The molecule has 2 nitrogen and oxygen atoms in total. The van der Waals surface area contributed by atoms with Crippen molar-refractivity contribution in [3.8, 4) is 0 Å². The molecule has 0 radical (unpaired) electrons. The lowest BCUT2D eigenvalue weighted by Crippen LogP contribution is -2.45. The second-order valence-electron chi connectivity index (χ2n) is 3.77. The lowest BCUT2D eigenvalue weighted by Gasteiger charge is -2.40. The highest BCUT2D eigenvalue weighted by atomic mass is 19.4. The quantitative estimate of drug-likeness (QED) is 0.759. The van der Waals surface area contributed by atoms with E-state index in [2.05, 4.69) is 0 Å². The van der Waals surface area contributed by atoms with Gasteiger partial charge in [0.1, 0.15) is 0 Å². The van der Waals surface area contributed by atoms with Gasteiger partial charge >= 0.3 is 12.1 Å². The second kappa shape index (κ2) is 3.61. The van der Waals surface area contributed by atoms with Crippen molar-refractivity contribution in [3.05, 3.63) is 0 Å². The molecule has 0 bridgehead atoms. The highest BCUT2D eigenvalue weighted by Crippen LogP contribution is 2.51. The molecule has 15 heavy (non-hydrogen) atoms. The maximum Gasteiger partial charge on any atom is 0.392 e. The van der Waals surface area contributed by atoms with Gasteiger partial charge in [0.15, 0.2) is 0 Å². The summed E-state index contributed by atoms with van der Waals surface area (Å²) in [5.41, 5.74) is 0. The maximum absolute atomic E-state index is 12.4. The molecule has 0 spiro atoms. The van der Waals surface area contributed by atoms with Crippen LogP contribution in [0.2, 0.25) is 0 Å². The van der Waals surface area contributed by atoms with Gasteiger partial charge in [0.2, 0.25) is 5.92 Å². The molecule has 0 amide bonds. The molecule has 1 N–H and O–H groups in total. The van der Waals surface area contributed by atoms with Crippen molar-refractivity contribution in [1.82, 2.24) is 0 Å². The molecule has 0 aromatic rings. The molecule has 1 unspecified atom stereocenters. The molecule has 0 aromatic heterocycles.